The predicted molar refractivity (Wildman–Crippen MR) is 111 cm³/mol. The molecule has 0 bridgehead atoms. The Morgan fingerprint density at radius 1 is 1.15 bits per heavy atom. The minimum absolute atomic E-state index is 0.0529. The maximum Gasteiger partial charge on any atom is 0.191 e. The van der Waals surface area contributed by atoms with Crippen molar-refractivity contribution in [1.82, 2.24) is 14.8 Å². The molecule has 0 unspecified atom stereocenters. The lowest BCUT2D eigenvalue weighted by Crippen LogP contribution is -2.08. The van der Waals surface area contributed by atoms with Crippen LogP contribution < -0.4 is 4.74 Å². The van der Waals surface area contributed by atoms with Gasteiger partial charge >= 0.3 is 0 Å². The molecule has 0 spiro atoms. The first-order chi connectivity index (χ1) is 13.1. The summed E-state index contributed by atoms with van der Waals surface area (Å²) in [6.07, 6.45) is 0. The lowest BCUT2D eigenvalue weighted by molar-refractivity contribution is 0.102. The topological polar surface area (TPSA) is 57.0 Å². The number of ketones is 1. The molecule has 0 amide bonds. The summed E-state index contributed by atoms with van der Waals surface area (Å²) in [6, 6.07) is 14.5. The molecule has 3 aromatic rings. The van der Waals surface area contributed by atoms with Gasteiger partial charge in [0.1, 0.15) is 12.4 Å². The molecule has 0 fully saturated rings. The van der Waals surface area contributed by atoms with Crippen molar-refractivity contribution in [3.8, 4) is 5.75 Å². The smallest absolute Gasteiger partial charge is 0.191 e. The number of ether oxygens (including phenoxy) is 1. The van der Waals surface area contributed by atoms with Crippen molar-refractivity contribution in [1.29, 1.82) is 0 Å². The van der Waals surface area contributed by atoms with Crippen molar-refractivity contribution in [3.63, 3.8) is 0 Å². The minimum Gasteiger partial charge on any atom is -0.486 e. The molecule has 0 saturated heterocycles. The van der Waals surface area contributed by atoms with Gasteiger partial charge in [-0.15, -0.1) is 10.2 Å². The number of carbonyl (C=O) groups is 1. The van der Waals surface area contributed by atoms with E-state index in [4.69, 9.17) is 16.3 Å². The van der Waals surface area contributed by atoms with Gasteiger partial charge in [-0.1, -0.05) is 51.4 Å². The molecule has 2 aromatic carbocycles. The quantitative estimate of drug-likeness (QED) is 0.334. The number of nitrogens with zero attached hydrogens (tertiary/aromatic N) is 3. The van der Waals surface area contributed by atoms with Gasteiger partial charge in [0.15, 0.2) is 16.8 Å². The van der Waals surface area contributed by atoms with Crippen LogP contribution in [0.15, 0.2) is 58.2 Å². The fourth-order valence-electron chi connectivity index (χ4n) is 2.38. The van der Waals surface area contributed by atoms with Gasteiger partial charge in [-0.2, -0.15) is 0 Å². The monoisotopic (exact) mass is 465 g/mol. The van der Waals surface area contributed by atoms with Gasteiger partial charge in [0, 0.05) is 21.6 Å². The van der Waals surface area contributed by atoms with E-state index >= 15 is 0 Å². The van der Waals surface area contributed by atoms with Crippen LogP contribution in [0.5, 0.6) is 5.75 Å². The summed E-state index contributed by atoms with van der Waals surface area (Å²) in [5.74, 6) is 1.78. The van der Waals surface area contributed by atoms with E-state index in [-0.39, 0.29) is 5.78 Å². The third kappa shape index (κ3) is 5.34. The lowest BCUT2D eigenvalue weighted by Gasteiger charge is -2.09. The second-order valence-corrected chi connectivity index (χ2v) is 7.90. The molecular formula is C19H17BrClN3O2S. The highest BCUT2D eigenvalue weighted by atomic mass is 79.9. The number of halogens is 2. The zero-order valence-corrected chi connectivity index (χ0v) is 17.7. The largest absolute Gasteiger partial charge is 0.486 e. The van der Waals surface area contributed by atoms with E-state index in [1.807, 2.05) is 47.9 Å². The van der Waals surface area contributed by atoms with Crippen LogP contribution in [0.3, 0.4) is 0 Å². The van der Waals surface area contributed by atoms with E-state index in [1.165, 1.54) is 11.8 Å². The number of benzene rings is 2. The van der Waals surface area contributed by atoms with Crippen LogP contribution in [0.25, 0.3) is 0 Å². The Morgan fingerprint density at radius 2 is 1.85 bits per heavy atom. The Kier molecular flexibility index (Phi) is 6.93. The molecule has 5 nitrogen and oxygen atoms in total. The summed E-state index contributed by atoms with van der Waals surface area (Å²) in [6.45, 7) is 3.00. The summed E-state index contributed by atoms with van der Waals surface area (Å²) >= 11 is 10.6. The number of Topliss-reactive ketones (excluding diaryl/α,β-unsaturated/α-hetero) is 1. The summed E-state index contributed by atoms with van der Waals surface area (Å²) in [5.41, 5.74) is 0.680. The molecule has 1 heterocycles. The molecule has 0 aliphatic heterocycles. The Bertz CT molecular complexity index is 914. The first-order valence-electron chi connectivity index (χ1n) is 8.29. The fourth-order valence-corrected chi connectivity index (χ4v) is 3.68. The lowest BCUT2D eigenvalue weighted by atomic mass is 10.2. The second kappa shape index (κ2) is 9.39. The maximum absolute atomic E-state index is 12.3. The highest BCUT2D eigenvalue weighted by molar-refractivity contribution is 9.10. The normalized spacial score (nSPS) is 10.8. The summed E-state index contributed by atoms with van der Waals surface area (Å²) in [5, 5.41) is 9.78. The van der Waals surface area contributed by atoms with E-state index < -0.39 is 0 Å². The first kappa shape index (κ1) is 19.9. The van der Waals surface area contributed by atoms with E-state index in [1.54, 1.807) is 12.1 Å². The van der Waals surface area contributed by atoms with Gasteiger partial charge in [0.2, 0.25) is 0 Å². The average molecular weight is 467 g/mol. The number of aromatic nitrogens is 3. The van der Waals surface area contributed by atoms with Crippen molar-refractivity contribution >= 4 is 45.1 Å². The standard InChI is InChI=1S/C19H17BrClN3O2S/c1-2-24-18(11-26-16-9-7-15(21)8-10-16)22-23-19(24)27-12-17(25)13-3-5-14(20)6-4-13/h3-10H,2,11-12H2,1H3. The second-order valence-electron chi connectivity index (χ2n) is 5.60. The van der Waals surface area contributed by atoms with Gasteiger partial charge < -0.3 is 9.30 Å². The molecular weight excluding hydrogens is 450 g/mol. The Labute approximate surface area is 175 Å². The van der Waals surface area contributed by atoms with Crippen LogP contribution in [0.1, 0.15) is 23.1 Å². The molecule has 0 aliphatic rings. The number of hydrogen-bond donors (Lipinski definition) is 0. The Balaban J connectivity index is 1.62. The molecule has 0 atom stereocenters. The van der Waals surface area contributed by atoms with Gasteiger partial charge in [-0.05, 0) is 43.3 Å². The molecule has 0 aliphatic carbocycles. The van der Waals surface area contributed by atoms with Gasteiger partial charge in [-0.25, -0.2) is 0 Å². The minimum atomic E-state index is 0.0529. The van der Waals surface area contributed by atoms with E-state index in [9.17, 15) is 4.79 Å². The SMILES string of the molecule is CCn1c(COc2ccc(Cl)cc2)nnc1SCC(=O)c1ccc(Br)cc1. The van der Waals surface area contributed by atoms with Crippen molar-refractivity contribution in [3.05, 3.63) is 69.4 Å². The zero-order chi connectivity index (χ0) is 19.2. The number of carbonyl (C=O) groups excluding carboxylic acids is 1. The van der Waals surface area contributed by atoms with Gasteiger partial charge in [0.05, 0.1) is 5.75 Å². The van der Waals surface area contributed by atoms with Gasteiger partial charge in [0.25, 0.3) is 0 Å². The molecule has 140 valence electrons. The van der Waals surface area contributed by atoms with E-state index in [0.29, 0.717) is 46.2 Å². The number of rotatable bonds is 8. The highest BCUT2D eigenvalue weighted by Crippen LogP contribution is 2.21. The molecule has 3 rings (SSSR count). The molecule has 0 saturated carbocycles. The third-order valence-corrected chi connectivity index (χ3v) is 5.54. The summed E-state index contributed by atoms with van der Waals surface area (Å²) in [7, 11) is 0. The van der Waals surface area contributed by atoms with Crippen molar-refractivity contribution < 1.29 is 9.53 Å². The molecule has 1 aromatic heterocycles. The van der Waals surface area contributed by atoms with Crippen LogP contribution in [-0.2, 0) is 13.2 Å². The van der Waals surface area contributed by atoms with Gasteiger partial charge in [-0.3, -0.25) is 4.79 Å². The molecule has 8 heteroatoms. The fraction of sp³-hybridized carbons (Fsp3) is 0.211. The highest BCUT2D eigenvalue weighted by Gasteiger charge is 2.14. The zero-order valence-electron chi connectivity index (χ0n) is 14.6. The third-order valence-electron chi connectivity index (χ3n) is 3.79. The van der Waals surface area contributed by atoms with Crippen molar-refractivity contribution in [2.24, 2.45) is 0 Å². The molecule has 0 radical (unpaired) electrons. The summed E-state index contributed by atoms with van der Waals surface area (Å²) in [4.78, 5) is 12.3. The van der Waals surface area contributed by atoms with Crippen molar-refractivity contribution in [2.45, 2.75) is 25.2 Å². The summed E-state index contributed by atoms with van der Waals surface area (Å²) < 4.78 is 8.65. The van der Waals surface area contributed by atoms with Crippen LogP contribution in [-0.4, -0.2) is 26.3 Å². The molecule has 27 heavy (non-hydrogen) atoms. The van der Waals surface area contributed by atoms with Crippen LogP contribution >= 0.6 is 39.3 Å². The average Bonchev–Trinajstić information content (AvgIpc) is 3.08. The first-order valence-corrected chi connectivity index (χ1v) is 10.4. The predicted octanol–water partition coefficient (Wildman–Crippen LogP) is 5.27. The number of hydrogen-bond acceptors (Lipinski definition) is 5. The van der Waals surface area contributed by atoms with Crippen molar-refractivity contribution in [2.75, 3.05) is 5.75 Å². The Hall–Kier alpha value is -1.83. The Morgan fingerprint density at radius 3 is 2.52 bits per heavy atom. The van der Waals surface area contributed by atoms with Crippen LogP contribution in [0.2, 0.25) is 5.02 Å². The number of thioether (sulfide) groups is 1. The maximum atomic E-state index is 12.3. The van der Waals surface area contributed by atoms with Crippen LogP contribution in [0.4, 0.5) is 0 Å². The van der Waals surface area contributed by atoms with Crippen LogP contribution in [0, 0.1) is 0 Å². The van der Waals surface area contributed by atoms with E-state index in [0.717, 1.165) is 4.47 Å². The van der Waals surface area contributed by atoms with E-state index in [2.05, 4.69) is 26.1 Å². The molecule has 0 N–H and O–H groups in total.